The number of aromatic nitrogens is 1. The molecule has 0 aliphatic rings. The lowest BCUT2D eigenvalue weighted by atomic mass is 9.91. The summed E-state index contributed by atoms with van der Waals surface area (Å²) < 4.78 is 5.35. The second-order valence-corrected chi connectivity index (χ2v) is 8.56. The van der Waals surface area contributed by atoms with Crippen LogP contribution in [-0.2, 0) is 10.3 Å². The van der Waals surface area contributed by atoms with Crippen LogP contribution in [0, 0.1) is 0 Å². The molecule has 29 heavy (non-hydrogen) atoms. The lowest BCUT2D eigenvalue weighted by Gasteiger charge is -2.29. The van der Waals surface area contributed by atoms with Crippen LogP contribution < -0.4 is 5.32 Å². The number of ketones is 1. The summed E-state index contributed by atoms with van der Waals surface area (Å²) in [5, 5.41) is 4.69. The Bertz CT molecular complexity index is 1040. The van der Waals surface area contributed by atoms with Gasteiger partial charge in [0, 0.05) is 28.9 Å². The van der Waals surface area contributed by atoms with E-state index in [1.54, 1.807) is 24.5 Å². The number of amides is 1. The number of ether oxygens (including phenoxy) is 1. The van der Waals surface area contributed by atoms with Gasteiger partial charge in [0.15, 0.2) is 5.78 Å². The fourth-order valence-corrected chi connectivity index (χ4v) is 3.15. The van der Waals surface area contributed by atoms with Crippen LogP contribution in [0.5, 0.6) is 0 Å². The van der Waals surface area contributed by atoms with Crippen molar-refractivity contribution in [3.63, 3.8) is 0 Å². The van der Waals surface area contributed by atoms with Crippen molar-refractivity contribution in [1.29, 1.82) is 0 Å². The monoisotopic (exact) mass is 390 g/mol. The summed E-state index contributed by atoms with van der Waals surface area (Å²) >= 11 is 0. The maximum atomic E-state index is 13.0. The van der Waals surface area contributed by atoms with Crippen LogP contribution >= 0.6 is 0 Å². The van der Waals surface area contributed by atoms with Gasteiger partial charge < -0.3 is 10.1 Å². The van der Waals surface area contributed by atoms with Crippen LogP contribution in [0.1, 0.15) is 56.1 Å². The Hall–Kier alpha value is -3.21. The van der Waals surface area contributed by atoms with Gasteiger partial charge in [-0.1, -0.05) is 42.5 Å². The molecule has 2 aromatic carbocycles. The van der Waals surface area contributed by atoms with Crippen molar-refractivity contribution in [3.8, 4) is 0 Å². The number of carbonyl (C=O) groups is 2. The average Bonchev–Trinajstić information content (AvgIpc) is 2.65. The van der Waals surface area contributed by atoms with E-state index in [1.165, 1.54) is 0 Å². The zero-order valence-electron chi connectivity index (χ0n) is 17.4. The standard InChI is InChI=1S/C24H26N2O3/c1-23(2,3)29-22(28)26-24(4,5)18-11-9-16(10-12-18)21(27)20-8-6-7-17-15-25-14-13-19(17)20/h6-15H,1-5H3,(H,26,28). The Morgan fingerprint density at radius 2 is 1.62 bits per heavy atom. The third-order valence-electron chi connectivity index (χ3n) is 4.61. The predicted octanol–water partition coefficient (Wildman–Crippen LogP) is 5.23. The lowest BCUT2D eigenvalue weighted by molar-refractivity contribution is 0.0470. The summed E-state index contributed by atoms with van der Waals surface area (Å²) in [6.07, 6.45) is 2.96. The van der Waals surface area contributed by atoms with Gasteiger partial charge in [-0.2, -0.15) is 0 Å². The molecule has 0 unspecified atom stereocenters. The zero-order chi connectivity index (χ0) is 21.2. The Morgan fingerprint density at radius 3 is 2.28 bits per heavy atom. The number of fused-ring (bicyclic) bond motifs is 1. The van der Waals surface area contributed by atoms with Crippen LogP contribution in [0.15, 0.2) is 60.9 Å². The van der Waals surface area contributed by atoms with E-state index in [0.29, 0.717) is 11.1 Å². The van der Waals surface area contributed by atoms with Crippen molar-refractivity contribution in [2.24, 2.45) is 0 Å². The molecule has 1 aromatic heterocycles. The first-order valence-electron chi connectivity index (χ1n) is 9.56. The summed E-state index contributed by atoms with van der Waals surface area (Å²) in [5.74, 6) is -0.0498. The van der Waals surface area contributed by atoms with E-state index >= 15 is 0 Å². The Kier molecular flexibility index (Phi) is 5.42. The predicted molar refractivity (Wildman–Crippen MR) is 114 cm³/mol. The molecule has 0 fully saturated rings. The molecule has 0 radical (unpaired) electrons. The van der Waals surface area contributed by atoms with E-state index in [1.807, 2.05) is 71.0 Å². The highest BCUT2D eigenvalue weighted by Crippen LogP contribution is 2.24. The van der Waals surface area contributed by atoms with Crippen molar-refractivity contribution in [2.75, 3.05) is 0 Å². The number of nitrogens with one attached hydrogen (secondary N) is 1. The normalized spacial score (nSPS) is 11.9. The van der Waals surface area contributed by atoms with E-state index in [2.05, 4.69) is 10.3 Å². The topological polar surface area (TPSA) is 68.3 Å². The molecule has 0 saturated carbocycles. The molecule has 1 N–H and O–H groups in total. The van der Waals surface area contributed by atoms with E-state index in [4.69, 9.17) is 4.74 Å². The number of hydrogen-bond acceptors (Lipinski definition) is 4. The van der Waals surface area contributed by atoms with Gasteiger partial charge in [-0.05, 0) is 51.6 Å². The van der Waals surface area contributed by atoms with Crippen molar-refractivity contribution >= 4 is 22.6 Å². The number of rotatable bonds is 4. The molecule has 0 bridgehead atoms. The number of carbonyl (C=O) groups excluding carboxylic acids is 2. The quantitative estimate of drug-likeness (QED) is 0.620. The highest BCUT2D eigenvalue weighted by molar-refractivity contribution is 6.16. The van der Waals surface area contributed by atoms with Gasteiger partial charge in [0.2, 0.25) is 0 Å². The van der Waals surface area contributed by atoms with Crippen LogP contribution in [0.25, 0.3) is 10.8 Å². The average molecular weight is 390 g/mol. The van der Waals surface area contributed by atoms with Gasteiger partial charge >= 0.3 is 6.09 Å². The second kappa shape index (κ2) is 7.66. The molecular weight excluding hydrogens is 364 g/mol. The van der Waals surface area contributed by atoms with E-state index in [-0.39, 0.29) is 5.78 Å². The summed E-state index contributed by atoms with van der Waals surface area (Å²) in [4.78, 5) is 29.3. The minimum Gasteiger partial charge on any atom is -0.444 e. The minimum absolute atomic E-state index is 0.0498. The van der Waals surface area contributed by atoms with Gasteiger partial charge in [-0.15, -0.1) is 0 Å². The third kappa shape index (κ3) is 4.80. The van der Waals surface area contributed by atoms with Crippen molar-refractivity contribution in [2.45, 2.75) is 45.8 Å². The first-order chi connectivity index (χ1) is 13.6. The highest BCUT2D eigenvalue weighted by atomic mass is 16.6. The third-order valence-corrected chi connectivity index (χ3v) is 4.61. The Morgan fingerprint density at radius 1 is 0.931 bits per heavy atom. The van der Waals surface area contributed by atoms with Crippen LogP contribution in [0.4, 0.5) is 4.79 Å². The van der Waals surface area contributed by atoms with Crippen LogP contribution in [0.3, 0.4) is 0 Å². The Labute approximate surface area is 171 Å². The zero-order valence-corrected chi connectivity index (χ0v) is 17.4. The molecular formula is C24H26N2O3. The smallest absolute Gasteiger partial charge is 0.408 e. The van der Waals surface area contributed by atoms with E-state index in [9.17, 15) is 9.59 Å². The van der Waals surface area contributed by atoms with Crippen LogP contribution in [0.2, 0.25) is 0 Å². The maximum Gasteiger partial charge on any atom is 0.408 e. The summed E-state index contributed by atoms with van der Waals surface area (Å²) in [6, 6.07) is 14.8. The van der Waals surface area contributed by atoms with Gasteiger partial charge in [-0.3, -0.25) is 9.78 Å². The van der Waals surface area contributed by atoms with Crippen LogP contribution in [-0.4, -0.2) is 22.5 Å². The second-order valence-electron chi connectivity index (χ2n) is 8.56. The molecule has 0 aliphatic carbocycles. The van der Waals surface area contributed by atoms with Crippen molar-refractivity contribution in [1.82, 2.24) is 10.3 Å². The van der Waals surface area contributed by atoms with Crippen molar-refractivity contribution in [3.05, 3.63) is 77.6 Å². The number of hydrogen-bond donors (Lipinski definition) is 1. The van der Waals surface area contributed by atoms with E-state index < -0.39 is 17.2 Å². The molecule has 0 aliphatic heterocycles. The molecule has 1 amide bonds. The molecule has 1 heterocycles. The molecule has 0 saturated heterocycles. The highest BCUT2D eigenvalue weighted by Gasteiger charge is 2.26. The van der Waals surface area contributed by atoms with E-state index in [0.717, 1.165) is 16.3 Å². The molecule has 0 spiro atoms. The SMILES string of the molecule is CC(C)(C)OC(=O)NC(C)(C)c1ccc(C(=O)c2cccc3cnccc23)cc1. The summed E-state index contributed by atoms with van der Waals surface area (Å²) in [5.41, 5.74) is 0.899. The number of benzene rings is 2. The summed E-state index contributed by atoms with van der Waals surface area (Å²) in [7, 11) is 0. The lowest BCUT2D eigenvalue weighted by Crippen LogP contribution is -2.43. The number of nitrogens with zero attached hydrogens (tertiary/aromatic N) is 1. The molecule has 0 atom stereocenters. The Balaban J connectivity index is 1.82. The molecule has 5 nitrogen and oxygen atoms in total. The van der Waals surface area contributed by atoms with Gasteiger partial charge in [0.05, 0.1) is 5.54 Å². The number of pyridine rings is 1. The number of alkyl carbamates (subject to hydrolysis) is 1. The fraction of sp³-hybridized carbons (Fsp3) is 0.292. The summed E-state index contributed by atoms with van der Waals surface area (Å²) in [6.45, 7) is 9.26. The molecule has 3 aromatic rings. The largest absolute Gasteiger partial charge is 0.444 e. The molecule has 5 heteroatoms. The minimum atomic E-state index is -0.644. The first-order valence-corrected chi connectivity index (χ1v) is 9.56. The van der Waals surface area contributed by atoms with Gasteiger partial charge in [0.25, 0.3) is 0 Å². The maximum absolute atomic E-state index is 13.0. The van der Waals surface area contributed by atoms with Gasteiger partial charge in [-0.25, -0.2) is 4.79 Å². The fourth-order valence-electron chi connectivity index (χ4n) is 3.15. The van der Waals surface area contributed by atoms with Crippen molar-refractivity contribution < 1.29 is 14.3 Å². The first kappa shape index (κ1) is 20.5. The molecule has 150 valence electrons. The molecule has 3 rings (SSSR count). The van der Waals surface area contributed by atoms with Gasteiger partial charge in [0.1, 0.15) is 5.60 Å².